The van der Waals surface area contributed by atoms with Gasteiger partial charge in [0.05, 0.1) is 0 Å². The molecular formula is H2Mo2O8S9. The van der Waals surface area contributed by atoms with Gasteiger partial charge in [-0.05, 0) is 0 Å². The van der Waals surface area contributed by atoms with Gasteiger partial charge in [-0.25, -0.2) is 0 Å². The molecule has 0 aliphatic rings. The molecule has 0 atom stereocenters. The van der Waals surface area contributed by atoms with Crippen molar-refractivity contribution in [3.8, 4) is 0 Å². The molecule has 2 N–H and O–H groups in total. The average Bonchev–Trinajstić information content (AvgIpc) is 2.22. The molecule has 0 heterocycles. The predicted molar refractivity (Wildman–Crippen MR) is 77.7 cm³/mol. The van der Waals surface area contributed by atoms with Crippen LogP contribution in [0.15, 0.2) is 0 Å². The van der Waals surface area contributed by atoms with E-state index in [0.29, 0.717) is 22.1 Å². The fourth-order valence-corrected chi connectivity index (χ4v) is 23.0. The zero-order valence-corrected chi connectivity index (χ0v) is 19.2. The minimum atomic E-state index is -5.42. The van der Waals surface area contributed by atoms with E-state index in [1.807, 2.05) is 0 Å². The number of hydrogen-bond acceptors (Lipinski definition) is 15. The molecule has 0 aromatic rings. The van der Waals surface area contributed by atoms with Crippen molar-refractivity contribution in [2.45, 2.75) is 0 Å². The van der Waals surface area contributed by atoms with E-state index < -0.39 is 33.5 Å². The van der Waals surface area contributed by atoms with E-state index in [0.717, 1.165) is 19.7 Å². The quantitative estimate of drug-likeness (QED) is 0.142. The second kappa shape index (κ2) is 12.9. The Balaban J connectivity index is 3.20. The third kappa shape index (κ3) is 21.6. The summed E-state index contributed by atoms with van der Waals surface area (Å²) >= 11 is -9.74. The first-order valence-corrected chi connectivity index (χ1v) is 21.1. The standard InChI is InChI=1S/2Mo.H2O2S9.2H2O.4O/c;;1-3-5-7-9-11-10-8-6-4-2;;;;;;/h;;1-2H;2*1H2;;;;/q2*+2;;;;;;;/p-4. The molecule has 0 aliphatic carbocycles. The van der Waals surface area contributed by atoms with Gasteiger partial charge in [0.2, 0.25) is 0 Å². The third-order valence-corrected chi connectivity index (χ3v) is 21.0. The van der Waals surface area contributed by atoms with Crippen LogP contribution in [-0.4, -0.2) is 7.52 Å². The van der Waals surface area contributed by atoms with Gasteiger partial charge >= 0.3 is 151 Å². The summed E-state index contributed by atoms with van der Waals surface area (Å²) in [6, 6.07) is 0. The maximum atomic E-state index is 10.2. The molecule has 0 amide bonds. The van der Waals surface area contributed by atoms with Crippen LogP contribution >= 0.6 is 90.9 Å². The molecule has 0 fully saturated rings. The molecule has 19 heavy (non-hydrogen) atoms. The van der Waals surface area contributed by atoms with Crippen LogP contribution in [-0.2, 0) is 52.8 Å². The van der Waals surface area contributed by atoms with E-state index in [1.54, 1.807) is 0 Å². The molecule has 0 saturated heterocycles. The molecule has 19 heteroatoms. The Kier molecular flexibility index (Phi) is 15.4. The first-order valence-electron chi connectivity index (χ1n) is 3.03. The van der Waals surface area contributed by atoms with E-state index in [4.69, 9.17) is 7.52 Å². The fraction of sp³-hybridized carbons (Fsp3) is 0. The summed E-state index contributed by atoms with van der Waals surface area (Å²) in [7, 11) is 8.48. The normalized spacial score (nSPS) is 12.7. The van der Waals surface area contributed by atoms with Gasteiger partial charge in [0.25, 0.3) is 0 Å². The van der Waals surface area contributed by atoms with Crippen molar-refractivity contribution < 1.29 is 60.3 Å². The van der Waals surface area contributed by atoms with Gasteiger partial charge in [0.15, 0.2) is 0 Å². The van der Waals surface area contributed by atoms with Crippen molar-refractivity contribution in [1.29, 1.82) is 0 Å². The van der Waals surface area contributed by atoms with Crippen molar-refractivity contribution in [2.75, 3.05) is 0 Å². The second-order valence-corrected chi connectivity index (χ2v) is 21.6. The van der Waals surface area contributed by atoms with Crippen molar-refractivity contribution >= 4 is 90.9 Å². The summed E-state index contributed by atoms with van der Waals surface area (Å²) in [5.74, 6) is 0. The molecule has 0 bridgehead atoms. The molecule has 0 aromatic carbocycles. The Hall–Kier alpha value is 3.57. The molecule has 0 unspecified atom stereocenters. The summed E-state index contributed by atoms with van der Waals surface area (Å²) in [6.45, 7) is 0. The Morgan fingerprint density at radius 2 is 0.842 bits per heavy atom. The van der Waals surface area contributed by atoms with Gasteiger partial charge in [0.1, 0.15) is 0 Å². The van der Waals surface area contributed by atoms with Crippen molar-refractivity contribution in [2.24, 2.45) is 0 Å². The first-order chi connectivity index (χ1) is 8.71. The van der Waals surface area contributed by atoms with E-state index >= 15 is 0 Å². The topological polar surface area (TPSA) is 127 Å². The monoisotopic (exact) mass is 614 g/mol. The predicted octanol–water partition coefficient (Wildman–Crippen LogP) is 4.10. The van der Waals surface area contributed by atoms with Crippen molar-refractivity contribution in [3.63, 3.8) is 0 Å². The maximum absolute atomic E-state index is 10.2. The van der Waals surface area contributed by atoms with Gasteiger partial charge in [0, 0.05) is 0 Å². The molecule has 0 spiro atoms. The van der Waals surface area contributed by atoms with Gasteiger partial charge < -0.3 is 0 Å². The molecule has 8 nitrogen and oxygen atoms in total. The SMILES string of the molecule is [O]=[Mo](=[O])([OH])[O]SSSSSSSSS[O][Mo](=[O])(=[O])[OH]. The van der Waals surface area contributed by atoms with Crippen molar-refractivity contribution in [3.05, 3.63) is 0 Å². The summed E-state index contributed by atoms with van der Waals surface area (Å²) in [4.78, 5) is 0. The number of rotatable bonds is 12. The first kappa shape index (κ1) is 22.6. The van der Waals surface area contributed by atoms with Crippen LogP contribution < -0.4 is 0 Å². The van der Waals surface area contributed by atoms with Gasteiger partial charge in [-0.1, -0.05) is 0 Å². The van der Waals surface area contributed by atoms with E-state index in [-0.39, 0.29) is 0 Å². The zero-order valence-electron chi connectivity index (χ0n) is 7.83. The van der Waals surface area contributed by atoms with Gasteiger partial charge in [-0.2, -0.15) is 0 Å². The number of hydrogen-bond donors (Lipinski definition) is 2. The third-order valence-electron chi connectivity index (χ3n) is 0.450. The van der Waals surface area contributed by atoms with E-state index in [1.165, 1.54) is 49.1 Å². The summed E-state index contributed by atoms with van der Waals surface area (Å²) in [5, 5.41) is 0. The molecule has 0 rings (SSSR count). The van der Waals surface area contributed by atoms with Crippen LogP contribution in [0.1, 0.15) is 0 Å². The van der Waals surface area contributed by atoms with Crippen LogP contribution in [0.5, 0.6) is 0 Å². The molecule has 0 saturated carbocycles. The fourth-order valence-electron chi connectivity index (χ4n) is 0.172. The van der Waals surface area contributed by atoms with Crippen molar-refractivity contribution in [1.82, 2.24) is 0 Å². The minimum absolute atomic E-state index is 0.553. The van der Waals surface area contributed by atoms with Crippen LogP contribution in [0.3, 0.4) is 0 Å². The Bertz CT molecular complexity index is 374. The van der Waals surface area contributed by atoms with E-state index in [9.17, 15) is 13.6 Å². The zero-order chi connectivity index (χ0) is 14.8. The average molecular weight is 610 g/mol. The Morgan fingerprint density at radius 1 is 0.579 bits per heavy atom. The van der Waals surface area contributed by atoms with Gasteiger partial charge in [-0.3, -0.25) is 0 Å². The van der Waals surface area contributed by atoms with Crippen LogP contribution in [0.4, 0.5) is 0 Å². The van der Waals surface area contributed by atoms with E-state index in [2.05, 4.69) is 5.67 Å². The second-order valence-electron chi connectivity index (χ2n) is 1.60. The summed E-state index contributed by atoms with van der Waals surface area (Å²) in [6.07, 6.45) is 0. The Morgan fingerprint density at radius 3 is 1.11 bits per heavy atom. The molecule has 0 aliphatic heterocycles. The van der Waals surface area contributed by atoms with Crippen LogP contribution in [0.25, 0.3) is 0 Å². The molecule has 0 radical (unpaired) electrons. The Labute approximate surface area is 149 Å². The van der Waals surface area contributed by atoms with Gasteiger partial charge in [-0.15, -0.1) is 0 Å². The van der Waals surface area contributed by atoms with Crippen LogP contribution in [0.2, 0.25) is 0 Å². The summed E-state index contributed by atoms with van der Waals surface area (Å²) in [5.41, 5.74) is 0. The molecule has 116 valence electrons. The summed E-state index contributed by atoms with van der Waals surface area (Å²) < 4.78 is 65.7. The van der Waals surface area contributed by atoms with Crippen LogP contribution in [0, 0.1) is 0 Å². The molecular weight excluding hydrogens is 608 g/mol. The molecule has 0 aromatic heterocycles.